The number of hydrogen-bond acceptors (Lipinski definition) is 5. The Hall–Kier alpha value is -2.99. The molecule has 1 amide bonds. The topological polar surface area (TPSA) is 75.7 Å². The summed E-state index contributed by atoms with van der Waals surface area (Å²) in [5.74, 6) is -2.83. The normalized spacial score (nSPS) is 21.1. The van der Waals surface area contributed by atoms with Crippen LogP contribution in [0.4, 0.5) is 17.1 Å². The number of amides is 1. The highest BCUT2D eigenvalue weighted by molar-refractivity contribution is 6.30. The molecule has 0 unspecified atom stereocenters. The van der Waals surface area contributed by atoms with E-state index in [-0.39, 0.29) is 5.91 Å². The first-order chi connectivity index (χ1) is 15.0. The highest BCUT2D eigenvalue weighted by Gasteiger charge is 2.29. The predicted octanol–water partition coefficient (Wildman–Crippen LogP) is 2.94. The van der Waals surface area contributed by atoms with Crippen molar-refractivity contribution in [1.29, 1.82) is 0 Å². The van der Waals surface area contributed by atoms with Crippen molar-refractivity contribution in [1.82, 2.24) is 0 Å². The molecule has 0 bridgehead atoms. The molecule has 1 saturated heterocycles. The summed E-state index contributed by atoms with van der Waals surface area (Å²) in [6, 6.07) is 15.6. The van der Waals surface area contributed by atoms with E-state index >= 15 is 0 Å². The molecule has 7 heteroatoms. The third kappa shape index (κ3) is 5.02. The van der Waals surface area contributed by atoms with E-state index in [1.807, 2.05) is 48.5 Å². The summed E-state index contributed by atoms with van der Waals surface area (Å²) in [4.78, 5) is 28.6. The molecule has 0 aromatic heterocycles. The number of carbonyl (C=O) groups excluding carboxylic acids is 2. The van der Waals surface area contributed by atoms with Gasteiger partial charge in [-0.25, -0.2) is 0 Å². The molecule has 2 aromatic rings. The molecule has 0 spiro atoms. The Balaban J connectivity index is 1.34. The second kappa shape index (κ2) is 9.43. The second-order valence-electron chi connectivity index (χ2n) is 7.96. The lowest BCUT2D eigenvalue weighted by Gasteiger charge is -2.37. The van der Waals surface area contributed by atoms with Gasteiger partial charge in [0, 0.05) is 60.2 Å². The Morgan fingerprint density at radius 2 is 1.48 bits per heavy atom. The van der Waals surface area contributed by atoms with Crippen molar-refractivity contribution >= 4 is 40.5 Å². The molecule has 6 nitrogen and oxygen atoms in total. The number of carboxylic acids is 1. The molecule has 1 heterocycles. The molecule has 1 aliphatic carbocycles. The van der Waals surface area contributed by atoms with E-state index in [0.717, 1.165) is 42.6 Å². The molecular weight excluding hydrogens is 414 g/mol. The number of halogens is 1. The Kier molecular flexibility index (Phi) is 6.47. The van der Waals surface area contributed by atoms with Crippen LogP contribution in [0.1, 0.15) is 12.8 Å². The first-order valence-electron chi connectivity index (χ1n) is 10.5. The van der Waals surface area contributed by atoms with Crippen molar-refractivity contribution in [2.24, 2.45) is 11.8 Å². The van der Waals surface area contributed by atoms with Gasteiger partial charge in [-0.3, -0.25) is 4.79 Å². The number of allylic oxidation sites excluding steroid dienone is 2. The quantitative estimate of drug-likeness (QED) is 0.726. The molecule has 162 valence electrons. The summed E-state index contributed by atoms with van der Waals surface area (Å²) in [5, 5.41) is 14.9. The maximum Gasteiger partial charge on any atom is 0.228 e. The smallest absolute Gasteiger partial charge is 0.228 e. The van der Waals surface area contributed by atoms with Crippen LogP contribution in [0.15, 0.2) is 60.7 Å². The van der Waals surface area contributed by atoms with Crippen LogP contribution in [-0.4, -0.2) is 38.1 Å². The van der Waals surface area contributed by atoms with E-state index in [9.17, 15) is 14.7 Å². The number of hydrogen-bond donors (Lipinski definition) is 1. The molecule has 1 fully saturated rings. The van der Waals surface area contributed by atoms with Gasteiger partial charge in [0.2, 0.25) is 5.91 Å². The largest absolute Gasteiger partial charge is 0.550 e. The Bertz CT molecular complexity index is 968. The van der Waals surface area contributed by atoms with Crippen LogP contribution in [0.25, 0.3) is 0 Å². The number of piperazine rings is 1. The fourth-order valence-electron chi connectivity index (χ4n) is 4.25. The number of rotatable bonds is 5. The van der Waals surface area contributed by atoms with Gasteiger partial charge in [-0.1, -0.05) is 29.8 Å². The predicted molar refractivity (Wildman–Crippen MR) is 121 cm³/mol. The van der Waals surface area contributed by atoms with Crippen LogP contribution in [0.2, 0.25) is 5.02 Å². The third-order valence-corrected chi connectivity index (χ3v) is 6.26. The van der Waals surface area contributed by atoms with Crippen molar-refractivity contribution in [2.45, 2.75) is 12.8 Å². The van der Waals surface area contributed by atoms with Crippen LogP contribution in [0.5, 0.6) is 0 Å². The van der Waals surface area contributed by atoms with E-state index in [2.05, 4.69) is 21.2 Å². The van der Waals surface area contributed by atoms with Crippen LogP contribution in [-0.2, 0) is 9.59 Å². The third-order valence-electron chi connectivity index (χ3n) is 6.02. The minimum absolute atomic E-state index is 0.276. The Morgan fingerprint density at radius 3 is 2.10 bits per heavy atom. The monoisotopic (exact) mass is 438 g/mol. The van der Waals surface area contributed by atoms with Gasteiger partial charge < -0.3 is 25.0 Å². The van der Waals surface area contributed by atoms with Gasteiger partial charge >= 0.3 is 0 Å². The summed E-state index contributed by atoms with van der Waals surface area (Å²) < 4.78 is 0. The standard InChI is InChI=1S/C24H26ClN3O3/c25-17-4-3-5-20(16-17)28-14-12-27(13-15-28)19-10-8-18(9-11-19)26-23(29)21-6-1-2-7-22(21)24(30)31/h1-5,8-11,16,21-22H,6-7,12-15H2,(H,26,29)(H,30,31)/p-1/t21-,22+/m1/s1. The fraction of sp³-hybridized carbons (Fsp3) is 0.333. The number of carbonyl (C=O) groups is 2. The van der Waals surface area contributed by atoms with Crippen molar-refractivity contribution in [3.8, 4) is 0 Å². The minimum atomic E-state index is -1.17. The fourth-order valence-corrected chi connectivity index (χ4v) is 4.44. The number of anilines is 3. The zero-order valence-corrected chi connectivity index (χ0v) is 17.9. The molecule has 2 aliphatic rings. The molecule has 2 atom stereocenters. The maximum atomic E-state index is 12.6. The van der Waals surface area contributed by atoms with E-state index in [4.69, 9.17) is 11.6 Å². The van der Waals surface area contributed by atoms with Crippen molar-refractivity contribution in [3.05, 3.63) is 65.7 Å². The van der Waals surface area contributed by atoms with Gasteiger partial charge in [0.05, 0.1) is 5.92 Å². The zero-order chi connectivity index (χ0) is 21.8. The number of aliphatic carboxylic acids is 1. The summed E-state index contributed by atoms with van der Waals surface area (Å²) in [6.07, 6.45) is 4.40. The zero-order valence-electron chi connectivity index (χ0n) is 17.2. The first kappa shape index (κ1) is 21.2. The van der Waals surface area contributed by atoms with Gasteiger partial charge in [0.1, 0.15) is 0 Å². The van der Waals surface area contributed by atoms with E-state index in [1.165, 1.54) is 0 Å². The number of carboxylic acid groups (broad SMARTS) is 1. The molecule has 0 saturated carbocycles. The molecule has 31 heavy (non-hydrogen) atoms. The van der Waals surface area contributed by atoms with Gasteiger partial charge in [-0.05, 0) is 55.3 Å². The second-order valence-corrected chi connectivity index (χ2v) is 8.40. The van der Waals surface area contributed by atoms with Gasteiger partial charge in [0.15, 0.2) is 0 Å². The summed E-state index contributed by atoms with van der Waals surface area (Å²) in [7, 11) is 0. The summed E-state index contributed by atoms with van der Waals surface area (Å²) in [5.41, 5.74) is 2.90. The highest BCUT2D eigenvalue weighted by Crippen LogP contribution is 2.28. The molecule has 4 rings (SSSR count). The number of benzene rings is 2. The van der Waals surface area contributed by atoms with Crippen LogP contribution < -0.4 is 20.2 Å². The molecule has 0 radical (unpaired) electrons. The lowest BCUT2D eigenvalue weighted by molar-refractivity contribution is -0.313. The van der Waals surface area contributed by atoms with Crippen molar-refractivity contribution in [2.75, 3.05) is 41.3 Å². The molecule has 2 aromatic carbocycles. The minimum Gasteiger partial charge on any atom is -0.550 e. The first-order valence-corrected chi connectivity index (χ1v) is 10.9. The average Bonchev–Trinajstić information content (AvgIpc) is 2.79. The van der Waals surface area contributed by atoms with Crippen molar-refractivity contribution in [3.63, 3.8) is 0 Å². The van der Waals surface area contributed by atoms with Crippen molar-refractivity contribution < 1.29 is 14.7 Å². The van der Waals surface area contributed by atoms with Gasteiger partial charge in [-0.15, -0.1) is 0 Å². The van der Waals surface area contributed by atoms with Crippen LogP contribution >= 0.6 is 11.6 Å². The van der Waals surface area contributed by atoms with E-state index in [1.54, 1.807) is 6.08 Å². The SMILES string of the molecule is O=C([O-])[C@H]1CC=CC[C@H]1C(=O)Nc1ccc(N2CCN(c3cccc(Cl)c3)CC2)cc1. The number of nitrogens with one attached hydrogen (secondary N) is 1. The van der Waals surface area contributed by atoms with Crippen LogP contribution in [0.3, 0.4) is 0 Å². The molecule has 1 N–H and O–H groups in total. The summed E-state index contributed by atoms with van der Waals surface area (Å²) in [6.45, 7) is 3.58. The summed E-state index contributed by atoms with van der Waals surface area (Å²) >= 11 is 6.11. The van der Waals surface area contributed by atoms with Gasteiger partial charge in [0.25, 0.3) is 0 Å². The van der Waals surface area contributed by atoms with Crippen LogP contribution in [0, 0.1) is 11.8 Å². The Labute approximate surface area is 187 Å². The lowest BCUT2D eigenvalue weighted by Crippen LogP contribution is -2.46. The molecular formula is C24H25ClN3O3-. The van der Waals surface area contributed by atoms with Gasteiger partial charge in [-0.2, -0.15) is 0 Å². The highest BCUT2D eigenvalue weighted by atomic mass is 35.5. The average molecular weight is 439 g/mol. The maximum absolute atomic E-state index is 12.6. The van der Waals surface area contributed by atoms with E-state index < -0.39 is 17.8 Å². The number of nitrogens with zero attached hydrogens (tertiary/aromatic N) is 2. The van der Waals surface area contributed by atoms with E-state index in [0.29, 0.717) is 18.5 Å². The molecule has 1 aliphatic heterocycles. The lowest BCUT2D eigenvalue weighted by atomic mass is 9.82. The Morgan fingerprint density at radius 1 is 0.871 bits per heavy atom.